The summed E-state index contributed by atoms with van der Waals surface area (Å²) in [6.07, 6.45) is 51.4. The zero-order valence-electron chi connectivity index (χ0n) is 39.5. The molecule has 2 unspecified atom stereocenters. The van der Waals surface area contributed by atoms with Crippen LogP contribution in [0.1, 0.15) is 181 Å². The van der Waals surface area contributed by atoms with Gasteiger partial charge in [0, 0.05) is 12.8 Å². The van der Waals surface area contributed by atoms with Gasteiger partial charge in [-0.05, 0) is 64.2 Å². The van der Waals surface area contributed by atoms with E-state index in [0.29, 0.717) is 23.9 Å². The molecule has 0 rings (SSSR count). The van der Waals surface area contributed by atoms with Crippen molar-refractivity contribution in [1.82, 2.24) is 0 Å². The van der Waals surface area contributed by atoms with Crippen LogP contribution < -0.4 is 0 Å². The number of ether oxygens (including phenoxy) is 4. The topological polar surface area (TPSA) is 108 Å². The maximum atomic E-state index is 12.7. The number of aliphatic carboxylic acids is 1. The number of hydrogen-bond acceptors (Lipinski definition) is 7. The number of allylic oxidation sites excluding steroid dienone is 12. The van der Waals surface area contributed by atoms with Crippen molar-refractivity contribution in [2.24, 2.45) is 0 Å². The molecule has 0 aromatic rings. The van der Waals surface area contributed by atoms with Crippen LogP contribution in [0.2, 0.25) is 0 Å². The molecule has 0 aliphatic heterocycles. The van der Waals surface area contributed by atoms with Crippen LogP contribution in [0.25, 0.3) is 0 Å². The van der Waals surface area contributed by atoms with Crippen LogP contribution in [-0.2, 0) is 33.3 Å². The Labute approximate surface area is 373 Å². The average Bonchev–Trinajstić information content (AvgIpc) is 3.22. The van der Waals surface area contributed by atoms with Crippen LogP contribution in [0.4, 0.5) is 0 Å². The molecule has 61 heavy (non-hydrogen) atoms. The highest BCUT2D eigenvalue weighted by atomic mass is 16.7. The molecule has 9 heteroatoms. The lowest BCUT2D eigenvalue weighted by Crippen LogP contribution is -2.40. The summed E-state index contributed by atoms with van der Waals surface area (Å²) in [5.74, 6) is -2.03. The molecule has 0 aliphatic carbocycles. The molecule has 1 N–H and O–H groups in total. The lowest BCUT2D eigenvalue weighted by molar-refractivity contribution is -0.870. The summed E-state index contributed by atoms with van der Waals surface area (Å²) in [6.45, 7) is 4.69. The molecule has 0 bridgehead atoms. The van der Waals surface area contributed by atoms with Gasteiger partial charge in [-0.2, -0.15) is 0 Å². The molecular formula is C52H90NO8+. The summed E-state index contributed by atoms with van der Waals surface area (Å²) >= 11 is 0. The molecule has 350 valence electrons. The van der Waals surface area contributed by atoms with Crippen LogP contribution in [0.5, 0.6) is 0 Å². The van der Waals surface area contributed by atoms with Gasteiger partial charge in [0.1, 0.15) is 13.2 Å². The van der Waals surface area contributed by atoms with Crippen molar-refractivity contribution in [1.29, 1.82) is 0 Å². The Morgan fingerprint density at radius 2 is 0.934 bits per heavy atom. The van der Waals surface area contributed by atoms with Crippen LogP contribution in [-0.4, -0.2) is 87.4 Å². The molecule has 0 spiro atoms. The minimum atomic E-state index is -1.51. The Bertz CT molecular complexity index is 1230. The highest BCUT2D eigenvalue weighted by Crippen LogP contribution is 2.14. The first kappa shape index (κ1) is 57.7. The van der Waals surface area contributed by atoms with Gasteiger partial charge in [-0.3, -0.25) is 9.59 Å². The van der Waals surface area contributed by atoms with E-state index in [1.807, 2.05) is 21.1 Å². The standard InChI is InChI=1S/C52H89NO8/c1-6-8-10-12-14-15-16-17-18-19-20-21-22-23-24-25-26-27-28-29-30-31-32-33-34-35-37-39-41-43-50(55)61-48(46-59-49(54)42-40-38-36-13-11-9-7-2)47-60-52(51(56)57)58-45-44-53(3,4)5/h8,10,14-15,17-18,20-21,23-24,26-27,48,52H,6-7,9,11-13,16,19,22,25,28-47H2,1-5H3/p+1/b10-8-,15-14-,18-17-,21-20-,24-23-,27-26-. The van der Waals surface area contributed by atoms with Gasteiger partial charge in [-0.25, -0.2) is 4.79 Å². The molecule has 0 heterocycles. The predicted molar refractivity (Wildman–Crippen MR) is 253 cm³/mol. The molecule has 0 saturated carbocycles. The molecule has 2 atom stereocenters. The molecule has 0 saturated heterocycles. The van der Waals surface area contributed by atoms with Gasteiger partial charge in [0.15, 0.2) is 6.10 Å². The van der Waals surface area contributed by atoms with Crippen molar-refractivity contribution in [2.75, 3.05) is 47.5 Å². The molecule has 0 radical (unpaired) electrons. The van der Waals surface area contributed by atoms with Crippen LogP contribution >= 0.6 is 0 Å². The number of rotatable bonds is 43. The molecule has 0 aromatic heterocycles. The van der Waals surface area contributed by atoms with E-state index in [1.54, 1.807) is 0 Å². The van der Waals surface area contributed by atoms with E-state index < -0.39 is 24.3 Å². The SMILES string of the molecule is CC/C=C\C/C=C\C/C=C\C/C=C\C/C=C\C/C=C\CCCCCCCCCCCCC(=O)OC(COC(=O)CCCCCCCCC)COC(OCC[N+](C)(C)C)C(=O)O. The number of carbonyl (C=O) groups excluding carboxylic acids is 2. The fourth-order valence-corrected chi connectivity index (χ4v) is 6.25. The van der Waals surface area contributed by atoms with E-state index in [2.05, 4.69) is 86.8 Å². The molecule has 0 aromatic carbocycles. The number of unbranched alkanes of at least 4 members (excludes halogenated alkanes) is 16. The molecular weight excluding hydrogens is 767 g/mol. The molecule has 0 amide bonds. The summed E-state index contributed by atoms with van der Waals surface area (Å²) in [5, 5.41) is 9.61. The second-order valence-corrected chi connectivity index (χ2v) is 17.0. The zero-order valence-corrected chi connectivity index (χ0v) is 39.5. The summed E-state index contributed by atoms with van der Waals surface area (Å²) < 4.78 is 22.6. The molecule has 0 aliphatic rings. The van der Waals surface area contributed by atoms with E-state index in [9.17, 15) is 19.5 Å². The number of esters is 2. The van der Waals surface area contributed by atoms with Crippen molar-refractivity contribution in [3.05, 3.63) is 72.9 Å². The number of quaternary nitrogens is 1. The van der Waals surface area contributed by atoms with Crippen LogP contribution in [0, 0.1) is 0 Å². The first-order valence-corrected chi connectivity index (χ1v) is 24.1. The van der Waals surface area contributed by atoms with E-state index >= 15 is 0 Å². The van der Waals surface area contributed by atoms with Gasteiger partial charge in [-0.1, -0.05) is 177 Å². The van der Waals surface area contributed by atoms with E-state index in [4.69, 9.17) is 18.9 Å². The third kappa shape index (κ3) is 44.6. The zero-order chi connectivity index (χ0) is 44.9. The Morgan fingerprint density at radius 3 is 1.39 bits per heavy atom. The first-order chi connectivity index (χ1) is 29.6. The lowest BCUT2D eigenvalue weighted by Gasteiger charge is -2.25. The first-order valence-electron chi connectivity index (χ1n) is 24.1. The number of likely N-dealkylation sites (N-methyl/N-ethyl adjacent to an activating group) is 1. The summed E-state index contributed by atoms with van der Waals surface area (Å²) in [7, 11) is 5.94. The average molecular weight is 857 g/mol. The number of carbonyl (C=O) groups is 3. The highest BCUT2D eigenvalue weighted by molar-refractivity contribution is 5.71. The summed E-state index contributed by atoms with van der Waals surface area (Å²) in [6, 6.07) is 0. The quantitative estimate of drug-likeness (QED) is 0.0212. The number of carboxylic acids is 1. The Hall–Kier alpha value is -3.27. The third-order valence-electron chi connectivity index (χ3n) is 9.98. The Balaban J connectivity index is 4.17. The monoisotopic (exact) mass is 857 g/mol. The van der Waals surface area contributed by atoms with Crippen molar-refractivity contribution in [2.45, 2.75) is 193 Å². The van der Waals surface area contributed by atoms with E-state index in [1.165, 1.54) is 64.2 Å². The summed E-state index contributed by atoms with van der Waals surface area (Å²) in [4.78, 5) is 37.0. The smallest absolute Gasteiger partial charge is 0.361 e. The third-order valence-corrected chi connectivity index (χ3v) is 9.98. The van der Waals surface area contributed by atoms with Gasteiger partial charge >= 0.3 is 17.9 Å². The van der Waals surface area contributed by atoms with Crippen LogP contribution in [0.3, 0.4) is 0 Å². The van der Waals surface area contributed by atoms with Gasteiger partial charge in [0.25, 0.3) is 6.29 Å². The Kier molecular flexibility index (Phi) is 41.1. The second kappa shape index (κ2) is 43.4. The highest BCUT2D eigenvalue weighted by Gasteiger charge is 2.25. The fraction of sp³-hybridized carbons (Fsp3) is 0.712. The molecule has 9 nitrogen and oxygen atoms in total. The largest absolute Gasteiger partial charge is 0.477 e. The summed E-state index contributed by atoms with van der Waals surface area (Å²) in [5.41, 5.74) is 0. The van der Waals surface area contributed by atoms with E-state index in [-0.39, 0.29) is 32.2 Å². The van der Waals surface area contributed by atoms with Gasteiger partial charge < -0.3 is 28.5 Å². The Morgan fingerprint density at radius 1 is 0.508 bits per heavy atom. The van der Waals surface area contributed by atoms with Crippen molar-refractivity contribution >= 4 is 17.9 Å². The van der Waals surface area contributed by atoms with Crippen molar-refractivity contribution in [3.63, 3.8) is 0 Å². The second-order valence-electron chi connectivity index (χ2n) is 17.0. The maximum Gasteiger partial charge on any atom is 0.361 e. The minimum absolute atomic E-state index is 0.185. The van der Waals surface area contributed by atoms with E-state index in [0.717, 1.165) is 83.5 Å². The normalized spacial score (nSPS) is 13.5. The van der Waals surface area contributed by atoms with Gasteiger partial charge in [0.05, 0.1) is 34.4 Å². The number of hydrogen-bond donors (Lipinski definition) is 1. The maximum absolute atomic E-state index is 12.7. The lowest BCUT2D eigenvalue weighted by atomic mass is 10.0. The van der Waals surface area contributed by atoms with Gasteiger partial charge in [-0.15, -0.1) is 0 Å². The molecule has 0 fully saturated rings. The van der Waals surface area contributed by atoms with Crippen molar-refractivity contribution in [3.8, 4) is 0 Å². The number of nitrogens with zero attached hydrogens (tertiary/aromatic N) is 1. The fourth-order valence-electron chi connectivity index (χ4n) is 6.25. The number of carboxylic acid groups (broad SMARTS) is 1. The van der Waals surface area contributed by atoms with Gasteiger partial charge in [0.2, 0.25) is 0 Å². The van der Waals surface area contributed by atoms with Crippen molar-refractivity contribution < 1.29 is 42.9 Å². The predicted octanol–water partition coefficient (Wildman–Crippen LogP) is 13.1. The van der Waals surface area contributed by atoms with Crippen LogP contribution in [0.15, 0.2) is 72.9 Å². The minimum Gasteiger partial charge on any atom is -0.477 e.